The molecule has 0 spiro atoms. The van der Waals surface area contributed by atoms with Gasteiger partial charge in [-0.15, -0.1) is 0 Å². The van der Waals surface area contributed by atoms with E-state index in [1.165, 1.54) is 6.20 Å². The zero-order chi connectivity index (χ0) is 18.5. The molecule has 0 radical (unpaired) electrons. The SMILES string of the molecule is CC(C)=NNc1ccc(C(=O)NCCCNC(=O)CCCC=O)cn1. The molecule has 0 bridgehead atoms. The number of rotatable bonds is 11. The molecule has 136 valence electrons. The summed E-state index contributed by atoms with van der Waals surface area (Å²) in [5, 5.41) is 9.55. The van der Waals surface area contributed by atoms with Crippen LogP contribution in [-0.4, -0.2) is 41.9 Å². The van der Waals surface area contributed by atoms with Crippen molar-refractivity contribution in [3.63, 3.8) is 0 Å². The van der Waals surface area contributed by atoms with Gasteiger partial charge in [-0.05, 0) is 38.8 Å². The van der Waals surface area contributed by atoms with Gasteiger partial charge in [-0.2, -0.15) is 5.10 Å². The third-order valence-electron chi connectivity index (χ3n) is 3.11. The topological polar surface area (TPSA) is 113 Å². The fraction of sp³-hybridized carbons (Fsp3) is 0.471. The Balaban J connectivity index is 2.22. The van der Waals surface area contributed by atoms with Crippen LogP contribution in [0.3, 0.4) is 0 Å². The quantitative estimate of drug-likeness (QED) is 0.243. The Bertz CT molecular complexity index is 595. The predicted molar refractivity (Wildman–Crippen MR) is 96.5 cm³/mol. The summed E-state index contributed by atoms with van der Waals surface area (Å²) in [5.41, 5.74) is 4.12. The van der Waals surface area contributed by atoms with Crippen molar-refractivity contribution >= 4 is 29.6 Å². The lowest BCUT2D eigenvalue weighted by atomic mass is 10.2. The third kappa shape index (κ3) is 9.19. The van der Waals surface area contributed by atoms with Gasteiger partial charge in [0.2, 0.25) is 5.91 Å². The van der Waals surface area contributed by atoms with Crippen LogP contribution in [0.2, 0.25) is 0 Å². The summed E-state index contributed by atoms with van der Waals surface area (Å²) >= 11 is 0. The maximum Gasteiger partial charge on any atom is 0.252 e. The van der Waals surface area contributed by atoms with E-state index in [2.05, 4.69) is 26.1 Å². The molecule has 0 unspecified atom stereocenters. The predicted octanol–water partition coefficient (Wildman–Crippen LogP) is 1.49. The summed E-state index contributed by atoms with van der Waals surface area (Å²) in [4.78, 5) is 37.7. The van der Waals surface area contributed by atoms with Crippen molar-refractivity contribution in [1.82, 2.24) is 15.6 Å². The number of aldehydes is 1. The number of pyridine rings is 1. The highest BCUT2D eigenvalue weighted by Gasteiger charge is 2.06. The Kier molecular flexibility index (Phi) is 9.50. The minimum absolute atomic E-state index is 0.0783. The maximum absolute atomic E-state index is 12.0. The minimum atomic E-state index is -0.216. The molecule has 0 atom stereocenters. The Morgan fingerprint density at radius 2 is 1.92 bits per heavy atom. The number of carbonyl (C=O) groups excluding carboxylic acids is 3. The summed E-state index contributed by atoms with van der Waals surface area (Å²) in [6, 6.07) is 3.35. The molecule has 3 N–H and O–H groups in total. The third-order valence-corrected chi connectivity index (χ3v) is 3.11. The van der Waals surface area contributed by atoms with Gasteiger partial charge in [-0.25, -0.2) is 4.98 Å². The molecule has 1 heterocycles. The van der Waals surface area contributed by atoms with Crippen LogP contribution in [-0.2, 0) is 9.59 Å². The second kappa shape index (κ2) is 11.7. The van der Waals surface area contributed by atoms with Gasteiger partial charge in [0, 0.05) is 37.8 Å². The van der Waals surface area contributed by atoms with Crippen molar-refractivity contribution in [3.05, 3.63) is 23.9 Å². The molecule has 0 saturated heterocycles. The van der Waals surface area contributed by atoms with Crippen LogP contribution in [0.15, 0.2) is 23.4 Å². The fourth-order valence-electron chi connectivity index (χ4n) is 1.82. The van der Waals surface area contributed by atoms with Crippen molar-refractivity contribution in [2.24, 2.45) is 5.10 Å². The van der Waals surface area contributed by atoms with Crippen molar-refractivity contribution in [2.45, 2.75) is 39.5 Å². The van der Waals surface area contributed by atoms with E-state index < -0.39 is 0 Å². The van der Waals surface area contributed by atoms with Crippen molar-refractivity contribution < 1.29 is 14.4 Å². The number of carbonyl (C=O) groups is 3. The molecule has 1 rings (SSSR count). The van der Waals surface area contributed by atoms with Gasteiger partial charge in [0.05, 0.1) is 5.56 Å². The summed E-state index contributed by atoms with van der Waals surface area (Å²) in [6.07, 6.45) is 4.22. The van der Waals surface area contributed by atoms with Crippen LogP contribution >= 0.6 is 0 Å². The fourth-order valence-corrected chi connectivity index (χ4v) is 1.82. The lowest BCUT2D eigenvalue weighted by Crippen LogP contribution is -2.29. The second-order valence-electron chi connectivity index (χ2n) is 5.62. The summed E-state index contributed by atoms with van der Waals surface area (Å²) < 4.78 is 0. The molecule has 8 heteroatoms. The number of nitrogens with zero attached hydrogens (tertiary/aromatic N) is 2. The number of amides is 2. The molecule has 0 fully saturated rings. The van der Waals surface area contributed by atoms with E-state index in [9.17, 15) is 14.4 Å². The number of hydrazone groups is 1. The van der Waals surface area contributed by atoms with E-state index in [1.54, 1.807) is 12.1 Å². The number of hydrogen-bond donors (Lipinski definition) is 3. The monoisotopic (exact) mass is 347 g/mol. The molecule has 0 aliphatic rings. The number of aromatic nitrogens is 1. The average molecular weight is 347 g/mol. The van der Waals surface area contributed by atoms with Crippen LogP contribution in [0.4, 0.5) is 5.82 Å². The minimum Gasteiger partial charge on any atom is -0.356 e. The number of anilines is 1. The first kappa shape index (κ1) is 20.3. The van der Waals surface area contributed by atoms with Gasteiger partial charge in [0.1, 0.15) is 12.1 Å². The second-order valence-corrected chi connectivity index (χ2v) is 5.62. The summed E-state index contributed by atoms with van der Waals surface area (Å²) in [7, 11) is 0. The van der Waals surface area contributed by atoms with Crippen LogP contribution in [0.1, 0.15) is 49.9 Å². The highest BCUT2D eigenvalue weighted by atomic mass is 16.2. The van der Waals surface area contributed by atoms with E-state index in [0.717, 1.165) is 12.0 Å². The standard InChI is InChI=1S/C17H25N5O3/c1-13(2)21-22-15-8-7-14(12-20-15)17(25)19-10-5-9-18-16(24)6-3-4-11-23/h7-8,11-12H,3-6,9-10H2,1-2H3,(H,18,24)(H,19,25)(H,20,22). The van der Waals surface area contributed by atoms with Crippen LogP contribution in [0.25, 0.3) is 0 Å². The molecule has 8 nitrogen and oxygen atoms in total. The molecular weight excluding hydrogens is 322 g/mol. The Morgan fingerprint density at radius 3 is 2.56 bits per heavy atom. The van der Waals surface area contributed by atoms with Gasteiger partial charge in [0.15, 0.2) is 0 Å². The normalized spacial score (nSPS) is 9.84. The van der Waals surface area contributed by atoms with Crippen LogP contribution in [0.5, 0.6) is 0 Å². The van der Waals surface area contributed by atoms with Crippen LogP contribution < -0.4 is 16.1 Å². The van der Waals surface area contributed by atoms with E-state index in [0.29, 0.717) is 50.2 Å². The summed E-state index contributed by atoms with van der Waals surface area (Å²) in [6.45, 7) is 4.66. The average Bonchev–Trinajstić information content (AvgIpc) is 2.60. The molecular formula is C17H25N5O3. The highest BCUT2D eigenvalue weighted by Crippen LogP contribution is 2.05. The van der Waals surface area contributed by atoms with Gasteiger partial charge in [-0.3, -0.25) is 15.0 Å². The maximum atomic E-state index is 12.0. The van der Waals surface area contributed by atoms with E-state index in [1.807, 2.05) is 13.8 Å². The molecule has 0 aliphatic carbocycles. The molecule has 1 aromatic rings. The lowest BCUT2D eigenvalue weighted by molar-refractivity contribution is -0.121. The van der Waals surface area contributed by atoms with Crippen molar-refractivity contribution in [2.75, 3.05) is 18.5 Å². The molecule has 0 saturated carbocycles. The Morgan fingerprint density at radius 1 is 1.16 bits per heavy atom. The lowest BCUT2D eigenvalue weighted by Gasteiger charge is -2.07. The first-order chi connectivity index (χ1) is 12.0. The van der Waals surface area contributed by atoms with Crippen molar-refractivity contribution in [3.8, 4) is 0 Å². The first-order valence-corrected chi connectivity index (χ1v) is 8.24. The van der Waals surface area contributed by atoms with Gasteiger partial charge in [0.25, 0.3) is 5.91 Å². The van der Waals surface area contributed by atoms with Gasteiger partial charge in [-0.1, -0.05) is 0 Å². The smallest absolute Gasteiger partial charge is 0.252 e. The Labute approximate surface area is 147 Å². The number of unbranched alkanes of at least 4 members (excludes halogenated alkanes) is 1. The molecule has 1 aromatic heterocycles. The molecule has 0 aromatic carbocycles. The highest BCUT2D eigenvalue weighted by molar-refractivity contribution is 5.94. The zero-order valence-corrected chi connectivity index (χ0v) is 14.7. The van der Waals surface area contributed by atoms with Crippen molar-refractivity contribution in [1.29, 1.82) is 0 Å². The van der Waals surface area contributed by atoms with Gasteiger partial charge >= 0.3 is 0 Å². The van der Waals surface area contributed by atoms with E-state index in [4.69, 9.17) is 0 Å². The van der Waals surface area contributed by atoms with E-state index >= 15 is 0 Å². The molecule has 2 amide bonds. The number of hydrogen-bond acceptors (Lipinski definition) is 6. The first-order valence-electron chi connectivity index (χ1n) is 8.24. The molecule has 25 heavy (non-hydrogen) atoms. The number of nitrogens with one attached hydrogen (secondary N) is 3. The molecule has 0 aliphatic heterocycles. The van der Waals surface area contributed by atoms with Crippen LogP contribution in [0, 0.1) is 0 Å². The van der Waals surface area contributed by atoms with Gasteiger partial charge < -0.3 is 15.4 Å². The van der Waals surface area contributed by atoms with E-state index in [-0.39, 0.29) is 11.8 Å². The Hall–Kier alpha value is -2.77. The summed E-state index contributed by atoms with van der Waals surface area (Å²) in [5.74, 6) is 0.270. The largest absolute Gasteiger partial charge is 0.356 e. The zero-order valence-electron chi connectivity index (χ0n) is 14.7.